The van der Waals surface area contributed by atoms with Gasteiger partial charge in [0.1, 0.15) is 12.4 Å². The van der Waals surface area contributed by atoms with E-state index in [1.807, 2.05) is 49.5 Å². The molecular formula is C18H29ClIN7O. The first-order chi connectivity index (χ1) is 12.9. The van der Waals surface area contributed by atoms with E-state index in [1.165, 1.54) is 0 Å². The number of aromatic nitrogens is 4. The number of aliphatic imine (C=N–C) groups is 1. The number of nitrogens with zero attached hydrogens (tertiary/aromatic N) is 6. The highest BCUT2D eigenvalue weighted by Crippen LogP contribution is 2.15. The van der Waals surface area contributed by atoms with Crippen molar-refractivity contribution < 1.29 is 4.74 Å². The third-order valence-corrected chi connectivity index (χ3v) is 5.11. The minimum Gasteiger partial charge on any atom is -0.376 e. The molecule has 0 radical (unpaired) electrons. The fourth-order valence-electron chi connectivity index (χ4n) is 3.10. The van der Waals surface area contributed by atoms with Gasteiger partial charge in [-0.1, -0.05) is 11.6 Å². The predicted molar refractivity (Wildman–Crippen MR) is 121 cm³/mol. The molecule has 1 atom stereocenters. The minimum atomic E-state index is 0. The molecule has 0 bridgehead atoms. The molecule has 1 aliphatic rings. The lowest BCUT2D eigenvalue weighted by Crippen LogP contribution is -2.42. The van der Waals surface area contributed by atoms with Gasteiger partial charge in [-0.15, -0.1) is 34.2 Å². The van der Waals surface area contributed by atoms with Gasteiger partial charge in [0.15, 0.2) is 11.8 Å². The Labute approximate surface area is 188 Å². The van der Waals surface area contributed by atoms with Crippen LogP contribution in [0.15, 0.2) is 17.3 Å². The Morgan fingerprint density at radius 2 is 2.21 bits per heavy atom. The highest BCUT2D eigenvalue weighted by atomic mass is 127. The normalized spacial score (nSPS) is 16.9. The molecule has 0 aliphatic carbocycles. The summed E-state index contributed by atoms with van der Waals surface area (Å²) in [6, 6.07) is 1.97. The molecule has 2 aromatic heterocycles. The number of hydrogen-bond donors (Lipinski definition) is 1. The number of halogens is 2. The van der Waals surface area contributed by atoms with Crippen molar-refractivity contribution in [2.75, 3.05) is 20.2 Å². The summed E-state index contributed by atoms with van der Waals surface area (Å²) < 4.78 is 9.71. The van der Waals surface area contributed by atoms with Crippen LogP contribution in [0.5, 0.6) is 0 Å². The van der Waals surface area contributed by atoms with E-state index in [-0.39, 0.29) is 30.1 Å². The Bertz CT molecular complexity index is 798. The summed E-state index contributed by atoms with van der Waals surface area (Å²) in [7, 11) is 5.97. The van der Waals surface area contributed by atoms with Gasteiger partial charge in [0, 0.05) is 46.2 Å². The van der Waals surface area contributed by atoms with Crippen LogP contribution in [-0.4, -0.2) is 56.5 Å². The van der Waals surface area contributed by atoms with Crippen LogP contribution in [0.2, 0.25) is 5.02 Å². The quantitative estimate of drug-likeness (QED) is 0.359. The van der Waals surface area contributed by atoms with Gasteiger partial charge >= 0.3 is 0 Å². The Morgan fingerprint density at radius 3 is 2.79 bits per heavy atom. The van der Waals surface area contributed by atoms with Crippen LogP contribution in [0.25, 0.3) is 0 Å². The molecule has 156 valence electrons. The Balaban J connectivity index is 0.00000280. The molecule has 1 fully saturated rings. The summed E-state index contributed by atoms with van der Waals surface area (Å²) in [6.45, 7) is 4.67. The monoisotopic (exact) mass is 521 g/mol. The molecule has 0 spiro atoms. The van der Waals surface area contributed by atoms with E-state index >= 15 is 0 Å². The number of nitrogens with one attached hydrogen (secondary N) is 1. The third-order valence-electron chi connectivity index (χ3n) is 4.90. The highest BCUT2D eigenvalue weighted by Gasteiger charge is 2.18. The number of aryl methyl sites for hydroxylation is 2. The maximum absolute atomic E-state index is 6.12. The lowest BCUT2D eigenvalue weighted by atomic mass is 10.2. The van der Waals surface area contributed by atoms with Crippen molar-refractivity contribution in [1.29, 1.82) is 0 Å². The van der Waals surface area contributed by atoms with Gasteiger partial charge in [0.2, 0.25) is 0 Å². The number of rotatable bonds is 6. The van der Waals surface area contributed by atoms with Crippen molar-refractivity contribution in [3.05, 3.63) is 34.6 Å². The number of hydrogen-bond acceptors (Lipinski definition) is 4. The van der Waals surface area contributed by atoms with E-state index in [9.17, 15) is 0 Å². The largest absolute Gasteiger partial charge is 0.376 e. The second kappa shape index (κ2) is 10.4. The topological polar surface area (TPSA) is 72.5 Å². The van der Waals surface area contributed by atoms with Gasteiger partial charge in [-0.2, -0.15) is 0 Å². The van der Waals surface area contributed by atoms with E-state index in [0.717, 1.165) is 54.3 Å². The summed E-state index contributed by atoms with van der Waals surface area (Å²) in [4.78, 5) is 6.86. The van der Waals surface area contributed by atoms with Gasteiger partial charge in [-0.05, 0) is 25.8 Å². The molecule has 8 nitrogen and oxygen atoms in total. The SMILES string of the molecule is Cc1nnc(CN=C(NCC2CCCO2)N(C)Cc2cc(Cl)cn2C)n1C.I. The van der Waals surface area contributed by atoms with Gasteiger partial charge in [0.25, 0.3) is 0 Å². The highest BCUT2D eigenvalue weighted by molar-refractivity contribution is 14.0. The summed E-state index contributed by atoms with van der Waals surface area (Å²) in [6.07, 6.45) is 4.35. The van der Waals surface area contributed by atoms with E-state index in [4.69, 9.17) is 21.3 Å². The van der Waals surface area contributed by atoms with Crippen LogP contribution >= 0.6 is 35.6 Å². The first-order valence-corrected chi connectivity index (χ1v) is 9.58. The molecule has 28 heavy (non-hydrogen) atoms. The zero-order valence-corrected chi connectivity index (χ0v) is 19.9. The van der Waals surface area contributed by atoms with Crippen molar-refractivity contribution >= 4 is 41.5 Å². The fraction of sp³-hybridized carbons (Fsp3) is 0.611. The average molecular weight is 522 g/mol. The zero-order valence-electron chi connectivity index (χ0n) is 16.9. The standard InChI is InChI=1S/C18H28ClN7O.HI/c1-13-22-23-17(26(13)4)10-21-18(20-9-16-6-5-7-27-16)25(3)12-15-8-14(19)11-24(15)2;/h8,11,16H,5-7,9-10,12H2,1-4H3,(H,20,21);1H. The molecule has 2 aromatic rings. The molecular weight excluding hydrogens is 493 g/mol. The third kappa shape index (κ3) is 5.84. The molecule has 3 heterocycles. The maximum atomic E-state index is 6.12. The fourth-order valence-corrected chi connectivity index (χ4v) is 3.37. The van der Waals surface area contributed by atoms with Gasteiger partial charge in [-0.3, -0.25) is 0 Å². The van der Waals surface area contributed by atoms with Crippen molar-refractivity contribution in [3.63, 3.8) is 0 Å². The van der Waals surface area contributed by atoms with Crippen molar-refractivity contribution in [3.8, 4) is 0 Å². The average Bonchev–Trinajstić information content (AvgIpc) is 3.33. The number of ether oxygens (including phenoxy) is 1. The molecule has 1 aliphatic heterocycles. The molecule has 0 amide bonds. The summed E-state index contributed by atoms with van der Waals surface area (Å²) >= 11 is 6.12. The second-order valence-corrected chi connectivity index (χ2v) is 7.43. The molecule has 1 N–H and O–H groups in total. The Hall–Kier alpha value is -1.33. The van der Waals surface area contributed by atoms with Crippen LogP contribution in [0.4, 0.5) is 0 Å². The van der Waals surface area contributed by atoms with Crippen LogP contribution in [0.1, 0.15) is 30.2 Å². The minimum absolute atomic E-state index is 0. The van der Waals surface area contributed by atoms with Gasteiger partial charge < -0.3 is 24.1 Å². The molecule has 10 heteroatoms. The smallest absolute Gasteiger partial charge is 0.194 e. The Kier molecular flexibility index (Phi) is 8.56. The van der Waals surface area contributed by atoms with Crippen LogP contribution in [-0.2, 0) is 31.9 Å². The number of guanidine groups is 1. The van der Waals surface area contributed by atoms with E-state index in [1.54, 1.807) is 0 Å². The Morgan fingerprint density at radius 1 is 1.43 bits per heavy atom. The van der Waals surface area contributed by atoms with Crippen molar-refractivity contribution in [2.45, 2.75) is 39.0 Å². The van der Waals surface area contributed by atoms with Crippen LogP contribution in [0.3, 0.4) is 0 Å². The first-order valence-electron chi connectivity index (χ1n) is 9.20. The lowest BCUT2D eigenvalue weighted by molar-refractivity contribution is 0.113. The van der Waals surface area contributed by atoms with Gasteiger partial charge in [0.05, 0.1) is 17.7 Å². The lowest BCUT2D eigenvalue weighted by Gasteiger charge is -2.24. The molecule has 1 unspecified atom stereocenters. The molecule has 1 saturated heterocycles. The van der Waals surface area contributed by atoms with Gasteiger partial charge in [-0.25, -0.2) is 4.99 Å². The molecule has 3 rings (SSSR count). The zero-order chi connectivity index (χ0) is 19.4. The van der Waals surface area contributed by atoms with Crippen LogP contribution < -0.4 is 5.32 Å². The second-order valence-electron chi connectivity index (χ2n) is 6.99. The van der Waals surface area contributed by atoms with E-state index in [0.29, 0.717) is 13.1 Å². The van der Waals surface area contributed by atoms with E-state index in [2.05, 4.69) is 20.4 Å². The maximum Gasteiger partial charge on any atom is 0.194 e. The molecule has 0 aromatic carbocycles. The molecule has 0 saturated carbocycles. The predicted octanol–water partition coefficient (Wildman–Crippen LogP) is 2.49. The summed E-state index contributed by atoms with van der Waals surface area (Å²) in [5.74, 6) is 2.52. The summed E-state index contributed by atoms with van der Waals surface area (Å²) in [5, 5.41) is 12.5. The summed E-state index contributed by atoms with van der Waals surface area (Å²) in [5.41, 5.74) is 1.11. The van der Waals surface area contributed by atoms with Crippen molar-refractivity contribution in [1.82, 2.24) is 29.5 Å². The van der Waals surface area contributed by atoms with E-state index < -0.39 is 0 Å². The first kappa shape index (κ1) is 23.0. The van der Waals surface area contributed by atoms with Crippen LogP contribution in [0, 0.1) is 6.92 Å². The van der Waals surface area contributed by atoms with Crippen molar-refractivity contribution in [2.24, 2.45) is 19.1 Å².